The van der Waals surface area contributed by atoms with Gasteiger partial charge >= 0.3 is 0 Å². The van der Waals surface area contributed by atoms with E-state index < -0.39 is 0 Å². The summed E-state index contributed by atoms with van der Waals surface area (Å²) in [6, 6.07) is 16.3. The maximum absolute atomic E-state index is 5.82. The molecule has 2 atom stereocenters. The number of benzene rings is 1. The molecule has 1 fully saturated rings. The molecule has 3 aromatic heterocycles. The molecule has 4 heterocycles. The Labute approximate surface area is 180 Å². The van der Waals surface area contributed by atoms with Crippen molar-refractivity contribution in [2.45, 2.75) is 32.6 Å². The number of aromatic nitrogens is 5. The number of nitrogens with zero attached hydrogens (tertiary/aromatic N) is 6. The predicted octanol–water partition coefficient (Wildman–Crippen LogP) is 3.41. The lowest BCUT2D eigenvalue weighted by molar-refractivity contribution is -0.00545. The van der Waals surface area contributed by atoms with E-state index in [0.29, 0.717) is 12.3 Å². The van der Waals surface area contributed by atoms with Crippen LogP contribution in [0.5, 0.6) is 0 Å². The summed E-state index contributed by atoms with van der Waals surface area (Å²) in [6.07, 6.45) is 3.86. The Hall–Kier alpha value is -3.52. The maximum atomic E-state index is 5.82. The van der Waals surface area contributed by atoms with E-state index in [4.69, 9.17) is 4.74 Å². The van der Waals surface area contributed by atoms with Crippen molar-refractivity contribution in [1.29, 1.82) is 0 Å². The highest BCUT2D eigenvalue weighted by atomic mass is 16.5. The third kappa shape index (κ3) is 4.20. The number of rotatable bonds is 5. The lowest BCUT2D eigenvalue weighted by Gasteiger charge is -2.36. The van der Waals surface area contributed by atoms with E-state index in [1.165, 1.54) is 6.33 Å². The minimum Gasteiger partial charge on any atom is -0.372 e. The van der Waals surface area contributed by atoms with E-state index in [2.05, 4.69) is 56.2 Å². The lowest BCUT2D eigenvalue weighted by Crippen LogP contribution is -2.45. The summed E-state index contributed by atoms with van der Waals surface area (Å²) >= 11 is 0. The topological polar surface area (TPSA) is 80.5 Å². The van der Waals surface area contributed by atoms with Crippen LogP contribution >= 0.6 is 0 Å². The molecular weight excluding hydrogens is 390 g/mol. The summed E-state index contributed by atoms with van der Waals surface area (Å²) in [5.74, 6) is 2.38. The van der Waals surface area contributed by atoms with E-state index >= 15 is 0 Å². The largest absolute Gasteiger partial charge is 0.372 e. The first-order valence-electron chi connectivity index (χ1n) is 10.5. The van der Waals surface area contributed by atoms with Gasteiger partial charge in [0.1, 0.15) is 18.0 Å². The highest BCUT2D eigenvalue weighted by Gasteiger charge is 2.23. The van der Waals surface area contributed by atoms with Gasteiger partial charge < -0.3 is 15.0 Å². The van der Waals surface area contributed by atoms with Gasteiger partial charge in [-0.3, -0.25) is 0 Å². The Bertz CT molecular complexity index is 1150. The van der Waals surface area contributed by atoms with Crippen molar-refractivity contribution in [2.75, 3.05) is 23.3 Å². The molecule has 1 aliphatic heterocycles. The number of anilines is 2. The Kier molecular flexibility index (Phi) is 5.21. The van der Waals surface area contributed by atoms with Gasteiger partial charge in [-0.05, 0) is 25.5 Å². The van der Waals surface area contributed by atoms with Gasteiger partial charge in [0.2, 0.25) is 0 Å². The Morgan fingerprint density at radius 2 is 1.84 bits per heavy atom. The smallest absolute Gasteiger partial charge is 0.254 e. The van der Waals surface area contributed by atoms with Crippen LogP contribution in [0.2, 0.25) is 0 Å². The molecule has 1 aromatic carbocycles. The zero-order valence-corrected chi connectivity index (χ0v) is 17.6. The molecule has 0 bridgehead atoms. The summed E-state index contributed by atoms with van der Waals surface area (Å²) in [7, 11) is 0. The molecule has 0 aliphatic carbocycles. The van der Waals surface area contributed by atoms with Gasteiger partial charge in [-0.1, -0.05) is 36.4 Å². The van der Waals surface area contributed by atoms with Crippen molar-refractivity contribution in [1.82, 2.24) is 24.6 Å². The van der Waals surface area contributed by atoms with Crippen molar-refractivity contribution in [2.24, 2.45) is 0 Å². The summed E-state index contributed by atoms with van der Waals surface area (Å²) in [6.45, 7) is 6.54. The van der Waals surface area contributed by atoms with Crippen LogP contribution in [-0.2, 0) is 11.3 Å². The zero-order valence-electron chi connectivity index (χ0n) is 17.6. The molecule has 8 heteroatoms. The van der Waals surface area contributed by atoms with Gasteiger partial charge in [0, 0.05) is 37.5 Å². The van der Waals surface area contributed by atoms with Gasteiger partial charge in [-0.25, -0.2) is 9.97 Å². The molecule has 0 spiro atoms. The lowest BCUT2D eigenvalue weighted by atomic mass is 10.1. The van der Waals surface area contributed by atoms with E-state index in [9.17, 15) is 0 Å². The van der Waals surface area contributed by atoms with Crippen molar-refractivity contribution in [3.8, 4) is 11.3 Å². The second-order valence-corrected chi connectivity index (χ2v) is 7.90. The molecular formula is C23H25N7O. The van der Waals surface area contributed by atoms with Crippen LogP contribution in [0.15, 0.2) is 61.1 Å². The highest BCUT2D eigenvalue weighted by Crippen LogP contribution is 2.22. The number of nitrogens with one attached hydrogen (secondary N) is 1. The van der Waals surface area contributed by atoms with E-state index in [1.807, 2.05) is 42.6 Å². The molecule has 158 valence electrons. The highest BCUT2D eigenvalue weighted by molar-refractivity contribution is 5.65. The first-order valence-corrected chi connectivity index (χ1v) is 10.5. The van der Waals surface area contributed by atoms with Crippen LogP contribution in [0, 0.1) is 0 Å². The fourth-order valence-corrected chi connectivity index (χ4v) is 3.96. The van der Waals surface area contributed by atoms with E-state index in [0.717, 1.165) is 41.5 Å². The summed E-state index contributed by atoms with van der Waals surface area (Å²) in [5.41, 5.74) is 2.98. The molecule has 31 heavy (non-hydrogen) atoms. The molecule has 5 rings (SSSR count). The van der Waals surface area contributed by atoms with Crippen LogP contribution in [0.4, 0.5) is 11.6 Å². The quantitative estimate of drug-likeness (QED) is 0.535. The second-order valence-electron chi connectivity index (χ2n) is 7.90. The van der Waals surface area contributed by atoms with Gasteiger partial charge in [-0.15, -0.1) is 0 Å². The molecule has 4 aromatic rings. The van der Waals surface area contributed by atoms with Crippen molar-refractivity contribution in [3.05, 3.63) is 66.6 Å². The maximum Gasteiger partial charge on any atom is 0.254 e. The molecule has 8 nitrogen and oxygen atoms in total. The summed E-state index contributed by atoms with van der Waals surface area (Å²) < 4.78 is 7.53. The molecule has 0 saturated carbocycles. The Morgan fingerprint density at radius 3 is 2.58 bits per heavy atom. The summed E-state index contributed by atoms with van der Waals surface area (Å²) in [4.78, 5) is 15.9. The first-order chi connectivity index (χ1) is 15.2. The molecule has 0 amide bonds. The normalized spacial score (nSPS) is 19.0. The van der Waals surface area contributed by atoms with Gasteiger partial charge in [0.05, 0.1) is 17.9 Å². The Morgan fingerprint density at radius 1 is 1.03 bits per heavy atom. The van der Waals surface area contributed by atoms with Crippen LogP contribution in [0.3, 0.4) is 0 Å². The molecule has 0 unspecified atom stereocenters. The predicted molar refractivity (Wildman–Crippen MR) is 120 cm³/mol. The standard InChI is InChI=1S/C23H25N7O/c1-16-13-29(14-17(2)31-16)21-9-8-18(11-24-21)12-25-22-10-20(19-6-4-3-5-7-19)28-23-26-15-27-30(22)23/h3-11,15-17,25H,12-14H2,1-2H3/t16-,17-/m0/s1. The number of fused-ring (bicyclic) bond motifs is 1. The number of hydrogen-bond acceptors (Lipinski definition) is 7. The van der Waals surface area contributed by atoms with Crippen LogP contribution in [0.25, 0.3) is 17.0 Å². The van der Waals surface area contributed by atoms with Crippen LogP contribution in [-0.4, -0.2) is 49.9 Å². The monoisotopic (exact) mass is 415 g/mol. The average Bonchev–Trinajstić information content (AvgIpc) is 3.27. The van der Waals surface area contributed by atoms with Crippen molar-refractivity contribution < 1.29 is 4.74 Å². The third-order valence-corrected chi connectivity index (χ3v) is 5.35. The SMILES string of the molecule is C[C@H]1CN(c2ccc(CNc3cc(-c4ccccc4)nc4ncnn34)cn2)C[C@H](C)O1. The number of morpholine rings is 1. The first kappa shape index (κ1) is 19.4. The third-order valence-electron chi connectivity index (χ3n) is 5.35. The number of ether oxygens (including phenoxy) is 1. The molecule has 1 N–H and O–H groups in total. The van der Waals surface area contributed by atoms with Gasteiger partial charge in [0.15, 0.2) is 0 Å². The average molecular weight is 416 g/mol. The zero-order chi connectivity index (χ0) is 21.2. The second kappa shape index (κ2) is 8.31. The fourth-order valence-electron chi connectivity index (χ4n) is 3.96. The minimum absolute atomic E-state index is 0.211. The van der Waals surface area contributed by atoms with Crippen molar-refractivity contribution >= 4 is 17.4 Å². The van der Waals surface area contributed by atoms with Crippen molar-refractivity contribution in [3.63, 3.8) is 0 Å². The van der Waals surface area contributed by atoms with Gasteiger partial charge in [0.25, 0.3) is 5.78 Å². The van der Waals surface area contributed by atoms with Crippen LogP contribution < -0.4 is 10.2 Å². The minimum atomic E-state index is 0.211. The molecule has 0 radical (unpaired) electrons. The van der Waals surface area contributed by atoms with E-state index in [1.54, 1.807) is 4.52 Å². The number of hydrogen-bond donors (Lipinski definition) is 1. The van der Waals surface area contributed by atoms with Gasteiger partial charge in [-0.2, -0.15) is 14.6 Å². The fraction of sp³-hybridized carbons (Fsp3) is 0.304. The van der Waals surface area contributed by atoms with Crippen LogP contribution in [0.1, 0.15) is 19.4 Å². The molecule has 1 aliphatic rings. The Balaban J connectivity index is 1.33. The summed E-state index contributed by atoms with van der Waals surface area (Å²) in [5, 5.41) is 7.76. The van der Waals surface area contributed by atoms with E-state index in [-0.39, 0.29) is 12.2 Å². The molecule has 1 saturated heterocycles. The number of pyridine rings is 1.